The monoisotopic (exact) mass is 304 g/mol. The number of phenols is 3. The van der Waals surface area contributed by atoms with E-state index in [9.17, 15) is 20.4 Å². The number of hydrogen-bond donors (Lipinski definition) is 4. The molecule has 6 nitrogen and oxygen atoms in total. The normalized spacial score (nSPS) is 20.1. The van der Waals surface area contributed by atoms with Gasteiger partial charge >= 0.3 is 0 Å². The summed E-state index contributed by atoms with van der Waals surface area (Å²) in [5.74, 6) is 0.335. The van der Waals surface area contributed by atoms with Crippen molar-refractivity contribution in [1.82, 2.24) is 0 Å². The summed E-state index contributed by atoms with van der Waals surface area (Å²) in [7, 11) is 1.48. The van der Waals surface area contributed by atoms with Crippen LogP contribution in [0.15, 0.2) is 30.3 Å². The van der Waals surface area contributed by atoms with Crippen molar-refractivity contribution in [3.8, 4) is 28.7 Å². The van der Waals surface area contributed by atoms with E-state index in [1.165, 1.54) is 31.4 Å². The Hall–Kier alpha value is -2.60. The summed E-state index contributed by atoms with van der Waals surface area (Å²) in [5.41, 5.74) is 1.20. The van der Waals surface area contributed by atoms with Crippen LogP contribution < -0.4 is 9.47 Å². The molecule has 1 aliphatic rings. The van der Waals surface area contributed by atoms with Crippen LogP contribution in [0.3, 0.4) is 0 Å². The van der Waals surface area contributed by atoms with Gasteiger partial charge in [-0.2, -0.15) is 0 Å². The van der Waals surface area contributed by atoms with Gasteiger partial charge in [-0.3, -0.25) is 0 Å². The van der Waals surface area contributed by atoms with Gasteiger partial charge in [-0.1, -0.05) is 6.07 Å². The molecule has 0 aromatic heterocycles. The lowest BCUT2D eigenvalue weighted by Crippen LogP contribution is -2.30. The molecule has 2 aromatic rings. The van der Waals surface area contributed by atoms with Gasteiger partial charge in [0.05, 0.1) is 13.2 Å². The fourth-order valence-electron chi connectivity index (χ4n) is 2.63. The van der Waals surface area contributed by atoms with E-state index < -0.39 is 12.2 Å². The predicted octanol–water partition coefficient (Wildman–Crippen LogP) is 1.85. The van der Waals surface area contributed by atoms with Crippen molar-refractivity contribution in [1.29, 1.82) is 0 Å². The molecular formula is C16H16O6. The molecule has 22 heavy (non-hydrogen) atoms. The third-order valence-electron chi connectivity index (χ3n) is 3.72. The van der Waals surface area contributed by atoms with Crippen molar-refractivity contribution in [2.24, 2.45) is 0 Å². The predicted molar refractivity (Wildman–Crippen MR) is 77.5 cm³/mol. The zero-order valence-corrected chi connectivity index (χ0v) is 11.9. The fourth-order valence-corrected chi connectivity index (χ4v) is 2.63. The standard InChI is InChI=1S/C16H16O6/c1-21-14-5-9(17)6-15-10(14)7-13(20)16(22-15)8-2-3-11(18)12(19)4-8/h2-6,13,16-20H,7H2,1H3/t13-,16+/m0/s1. The second-order valence-electron chi connectivity index (χ2n) is 5.18. The Morgan fingerprint density at radius 2 is 1.86 bits per heavy atom. The number of aliphatic hydroxyl groups excluding tert-OH is 1. The number of aromatic hydroxyl groups is 3. The van der Waals surface area contributed by atoms with E-state index in [0.29, 0.717) is 22.6 Å². The summed E-state index contributed by atoms with van der Waals surface area (Å²) < 4.78 is 11.0. The summed E-state index contributed by atoms with van der Waals surface area (Å²) >= 11 is 0. The van der Waals surface area contributed by atoms with E-state index in [-0.39, 0.29) is 23.7 Å². The van der Waals surface area contributed by atoms with Gasteiger partial charge in [0, 0.05) is 24.1 Å². The van der Waals surface area contributed by atoms with Crippen molar-refractivity contribution >= 4 is 0 Å². The molecule has 0 spiro atoms. The molecular weight excluding hydrogens is 288 g/mol. The SMILES string of the molecule is COc1cc(O)cc2c1C[C@H](O)[C@@H](c1ccc(O)c(O)c1)O2. The van der Waals surface area contributed by atoms with Crippen LogP contribution in [0.4, 0.5) is 0 Å². The average molecular weight is 304 g/mol. The van der Waals surface area contributed by atoms with E-state index in [2.05, 4.69) is 0 Å². The van der Waals surface area contributed by atoms with Gasteiger partial charge in [0.1, 0.15) is 23.4 Å². The number of fused-ring (bicyclic) bond motifs is 1. The maximum Gasteiger partial charge on any atom is 0.157 e. The Morgan fingerprint density at radius 3 is 2.55 bits per heavy atom. The third-order valence-corrected chi connectivity index (χ3v) is 3.72. The lowest BCUT2D eigenvalue weighted by molar-refractivity contribution is 0.0197. The van der Waals surface area contributed by atoms with Gasteiger partial charge in [0.25, 0.3) is 0 Å². The summed E-state index contributed by atoms with van der Waals surface area (Å²) in [4.78, 5) is 0. The van der Waals surface area contributed by atoms with Crippen LogP contribution in [0.25, 0.3) is 0 Å². The third kappa shape index (κ3) is 2.37. The van der Waals surface area contributed by atoms with E-state index in [0.717, 1.165) is 0 Å². The first-order valence-corrected chi connectivity index (χ1v) is 6.76. The van der Waals surface area contributed by atoms with Crippen LogP contribution in [0.1, 0.15) is 17.2 Å². The number of rotatable bonds is 2. The minimum atomic E-state index is -0.852. The molecule has 0 radical (unpaired) electrons. The molecule has 4 N–H and O–H groups in total. The molecule has 0 saturated heterocycles. The van der Waals surface area contributed by atoms with Gasteiger partial charge in [0.2, 0.25) is 0 Å². The van der Waals surface area contributed by atoms with Crippen molar-refractivity contribution < 1.29 is 29.9 Å². The zero-order chi connectivity index (χ0) is 15.9. The van der Waals surface area contributed by atoms with Gasteiger partial charge in [-0.05, 0) is 17.7 Å². The molecule has 116 valence electrons. The van der Waals surface area contributed by atoms with Gasteiger partial charge in [-0.15, -0.1) is 0 Å². The van der Waals surface area contributed by atoms with Gasteiger partial charge < -0.3 is 29.9 Å². The zero-order valence-electron chi connectivity index (χ0n) is 11.9. The lowest BCUT2D eigenvalue weighted by Gasteiger charge is -2.31. The fraction of sp³-hybridized carbons (Fsp3) is 0.250. The summed E-state index contributed by atoms with van der Waals surface area (Å²) in [5, 5.41) is 39.0. The Labute approximate surface area is 126 Å². The smallest absolute Gasteiger partial charge is 0.157 e. The molecule has 0 bridgehead atoms. The number of methoxy groups -OCH3 is 1. The molecule has 1 aliphatic heterocycles. The Balaban J connectivity index is 2.00. The molecule has 1 heterocycles. The molecule has 0 saturated carbocycles. The highest BCUT2D eigenvalue weighted by atomic mass is 16.5. The minimum absolute atomic E-state index is 0.000654. The van der Waals surface area contributed by atoms with Gasteiger partial charge in [0.15, 0.2) is 11.5 Å². The number of benzene rings is 2. The van der Waals surface area contributed by atoms with Crippen LogP contribution in [0.5, 0.6) is 28.7 Å². The highest BCUT2D eigenvalue weighted by molar-refractivity contribution is 5.52. The molecule has 0 amide bonds. The Bertz CT molecular complexity index is 712. The van der Waals surface area contributed by atoms with E-state index >= 15 is 0 Å². The Morgan fingerprint density at radius 1 is 1.09 bits per heavy atom. The van der Waals surface area contributed by atoms with Crippen LogP contribution in [0, 0.1) is 0 Å². The largest absolute Gasteiger partial charge is 0.508 e. The van der Waals surface area contributed by atoms with Crippen LogP contribution in [0.2, 0.25) is 0 Å². The summed E-state index contributed by atoms with van der Waals surface area (Å²) in [6, 6.07) is 7.15. The Kier molecular flexibility index (Phi) is 3.46. The second-order valence-corrected chi connectivity index (χ2v) is 5.18. The minimum Gasteiger partial charge on any atom is -0.508 e. The number of ether oxygens (including phenoxy) is 2. The van der Waals surface area contributed by atoms with E-state index in [1.54, 1.807) is 6.07 Å². The summed E-state index contributed by atoms with van der Waals surface area (Å²) in [6.45, 7) is 0. The maximum absolute atomic E-state index is 10.3. The number of phenolic OH excluding ortho intramolecular Hbond substituents is 3. The topological polar surface area (TPSA) is 99.4 Å². The molecule has 2 aromatic carbocycles. The van der Waals surface area contributed by atoms with Crippen molar-refractivity contribution in [3.05, 3.63) is 41.5 Å². The summed E-state index contributed by atoms with van der Waals surface area (Å²) in [6.07, 6.45) is -1.29. The van der Waals surface area contributed by atoms with E-state index in [4.69, 9.17) is 9.47 Å². The quantitative estimate of drug-likeness (QED) is 0.632. The average Bonchev–Trinajstić information content (AvgIpc) is 2.49. The highest BCUT2D eigenvalue weighted by Gasteiger charge is 2.32. The van der Waals surface area contributed by atoms with Gasteiger partial charge in [-0.25, -0.2) is 0 Å². The molecule has 2 atom stereocenters. The maximum atomic E-state index is 10.3. The molecule has 6 heteroatoms. The molecule has 0 aliphatic carbocycles. The number of hydrogen-bond acceptors (Lipinski definition) is 6. The molecule has 0 unspecified atom stereocenters. The number of aliphatic hydroxyl groups is 1. The lowest BCUT2D eigenvalue weighted by atomic mass is 9.94. The van der Waals surface area contributed by atoms with Crippen molar-refractivity contribution in [2.45, 2.75) is 18.6 Å². The van der Waals surface area contributed by atoms with E-state index in [1.807, 2.05) is 0 Å². The first kappa shape index (κ1) is 14.3. The second kappa shape index (κ2) is 5.31. The van der Waals surface area contributed by atoms with Crippen LogP contribution in [-0.4, -0.2) is 33.6 Å². The van der Waals surface area contributed by atoms with Crippen molar-refractivity contribution in [3.63, 3.8) is 0 Å². The van der Waals surface area contributed by atoms with Crippen LogP contribution in [-0.2, 0) is 6.42 Å². The van der Waals surface area contributed by atoms with Crippen molar-refractivity contribution in [2.75, 3.05) is 7.11 Å². The molecule has 0 fully saturated rings. The highest BCUT2D eigenvalue weighted by Crippen LogP contribution is 2.43. The first-order valence-electron chi connectivity index (χ1n) is 6.76. The van der Waals surface area contributed by atoms with Crippen LogP contribution >= 0.6 is 0 Å². The molecule has 3 rings (SSSR count). The first-order chi connectivity index (χ1) is 10.5.